The van der Waals surface area contributed by atoms with E-state index >= 15 is 0 Å². The van der Waals surface area contributed by atoms with Gasteiger partial charge in [0.15, 0.2) is 0 Å². The van der Waals surface area contributed by atoms with Crippen LogP contribution in [0, 0.1) is 0 Å². The highest BCUT2D eigenvalue weighted by atomic mass is 32.2. The third-order valence-electron chi connectivity index (χ3n) is 2.17. The van der Waals surface area contributed by atoms with Gasteiger partial charge in [-0.25, -0.2) is 22.3 Å². The number of nitrogens with two attached hydrogens (primary N) is 1. The van der Waals surface area contributed by atoms with Gasteiger partial charge in [-0.3, -0.25) is 4.79 Å². The summed E-state index contributed by atoms with van der Waals surface area (Å²) in [7, 11) is -2.72. The molecular formula is C10H12F2N2O3S. The standard InChI is InChI=1S/C10H12F2N2O3S/c1-14(6-9(11)12)10(15)7-3-2-4-8(5-7)18(13,16)17/h2-5,9H,6H2,1H3,(H2,13,16,17). The molecule has 1 aromatic carbocycles. The molecule has 2 N–H and O–H groups in total. The second-order valence-electron chi connectivity index (χ2n) is 3.65. The van der Waals surface area contributed by atoms with Gasteiger partial charge in [0.1, 0.15) is 0 Å². The van der Waals surface area contributed by atoms with Crippen molar-refractivity contribution >= 4 is 15.9 Å². The predicted molar refractivity (Wildman–Crippen MR) is 60.8 cm³/mol. The molecule has 0 saturated carbocycles. The van der Waals surface area contributed by atoms with Crippen LogP contribution in [0.5, 0.6) is 0 Å². The van der Waals surface area contributed by atoms with Gasteiger partial charge in [-0.05, 0) is 18.2 Å². The molecule has 1 rings (SSSR count). The lowest BCUT2D eigenvalue weighted by atomic mass is 10.2. The second kappa shape index (κ2) is 5.40. The molecule has 1 aromatic rings. The quantitative estimate of drug-likeness (QED) is 0.879. The van der Waals surface area contributed by atoms with Crippen molar-refractivity contribution in [2.75, 3.05) is 13.6 Å². The van der Waals surface area contributed by atoms with Gasteiger partial charge in [0, 0.05) is 12.6 Å². The normalized spacial score (nSPS) is 11.6. The number of hydrogen-bond donors (Lipinski definition) is 1. The van der Waals surface area contributed by atoms with Crippen LogP contribution in [-0.2, 0) is 10.0 Å². The zero-order valence-corrected chi connectivity index (χ0v) is 10.3. The molecule has 0 heterocycles. The fraction of sp³-hybridized carbons (Fsp3) is 0.300. The number of rotatable bonds is 4. The van der Waals surface area contributed by atoms with Gasteiger partial charge in [-0.1, -0.05) is 6.07 Å². The smallest absolute Gasteiger partial charge is 0.255 e. The Morgan fingerprint density at radius 3 is 2.56 bits per heavy atom. The minimum Gasteiger partial charge on any atom is -0.336 e. The Hall–Kier alpha value is -1.54. The zero-order valence-electron chi connectivity index (χ0n) is 9.51. The number of amides is 1. The molecule has 100 valence electrons. The maximum Gasteiger partial charge on any atom is 0.255 e. The van der Waals surface area contributed by atoms with Crippen LogP contribution in [0.4, 0.5) is 8.78 Å². The lowest BCUT2D eigenvalue weighted by molar-refractivity contribution is 0.0620. The SMILES string of the molecule is CN(CC(F)F)C(=O)c1cccc(S(N)(=O)=O)c1. The highest BCUT2D eigenvalue weighted by Crippen LogP contribution is 2.12. The van der Waals surface area contributed by atoms with Gasteiger partial charge in [0.2, 0.25) is 10.0 Å². The van der Waals surface area contributed by atoms with Gasteiger partial charge in [0.25, 0.3) is 12.3 Å². The van der Waals surface area contributed by atoms with E-state index in [-0.39, 0.29) is 10.5 Å². The molecule has 0 saturated heterocycles. The number of benzene rings is 1. The third-order valence-corrected chi connectivity index (χ3v) is 3.08. The summed E-state index contributed by atoms with van der Waals surface area (Å²) >= 11 is 0. The van der Waals surface area contributed by atoms with E-state index in [4.69, 9.17) is 5.14 Å². The minimum atomic E-state index is -3.93. The molecule has 18 heavy (non-hydrogen) atoms. The van der Waals surface area contributed by atoms with Crippen LogP contribution >= 0.6 is 0 Å². The fourth-order valence-electron chi connectivity index (χ4n) is 1.32. The summed E-state index contributed by atoms with van der Waals surface area (Å²) in [5.41, 5.74) is -0.00956. The molecule has 0 atom stereocenters. The second-order valence-corrected chi connectivity index (χ2v) is 5.21. The van der Waals surface area contributed by atoms with Gasteiger partial charge >= 0.3 is 0 Å². The third kappa shape index (κ3) is 3.74. The molecular weight excluding hydrogens is 266 g/mol. The minimum absolute atomic E-state index is 0.00956. The zero-order chi connectivity index (χ0) is 13.9. The van der Waals surface area contributed by atoms with Crippen LogP contribution in [-0.4, -0.2) is 39.2 Å². The number of carbonyl (C=O) groups is 1. The van der Waals surface area contributed by atoms with E-state index in [9.17, 15) is 22.0 Å². The van der Waals surface area contributed by atoms with Crippen LogP contribution in [0.15, 0.2) is 29.2 Å². The molecule has 0 radical (unpaired) electrons. The van der Waals surface area contributed by atoms with Crippen LogP contribution in [0.3, 0.4) is 0 Å². The average Bonchev–Trinajstić information content (AvgIpc) is 2.26. The van der Waals surface area contributed by atoms with Gasteiger partial charge in [-0.2, -0.15) is 0 Å². The molecule has 0 fully saturated rings. The Bertz CT molecular complexity index is 546. The Balaban J connectivity index is 3.01. The maximum atomic E-state index is 12.1. The maximum absolute atomic E-state index is 12.1. The molecule has 0 spiro atoms. The molecule has 0 aliphatic carbocycles. The molecule has 0 aliphatic heterocycles. The summed E-state index contributed by atoms with van der Waals surface area (Å²) in [6, 6.07) is 4.93. The summed E-state index contributed by atoms with van der Waals surface area (Å²) in [5.74, 6) is -0.694. The summed E-state index contributed by atoms with van der Waals surface area (Å²) in [6.07, 6.45) is -2.65. The van der Waals surface area contributed by atoms with Gasteiger partial charge in [-0.15, -0.1) is 0 Å². The van der Waals surface area contributed by atoms with Crippen molar-refractivity contribution in [1.82, 2.24) is 4.90 Å². The number of carbonyl (C=O) groups excluding carboxylic acids is 1. The van der Waals surface area contributed by atoms with Crippen molar-refractivity contribution in [2.24, 2.45) is 5.14 Å². The molecule has 8 heteroatoms. The molecule has 0 aromatic heterocycles. The van der Waals surface area contributed by atoms with E-state index in [1.807, 2.05) is 0 Å². The highest BCUT2D eigenvalue weighted by molar-refractivity contribution is 7.89. The average molecular weight is 278 g/mol. The van der Waals surface area contributed by atoms with Crippen molar-refractivity contribution in [1.29, 1.82) is 0 Å². The van der Waals surface area contributed by atoms with Crippen LogP contribution in [0.1, 0.15) is 10.4 Å². The fourth-order valence-corrected chi connectivity index (χ4v) is 1.88. The number of nitrogens with zero attached hydrogens (tertiary/aromatic N) is 1. The highest BCUT2D eigenvalue weighted by Gasteiger charge is 2.17. The molecule has 5 nitrogen and oxygen atoms in total. The lowest BCUT2D eigenvalue weighted by Crippen LogP contribution is -2.31. The van der Waals surface area contributed by atoms with E-state index in [0.717, 1.165) is 11.0 Å². The van der Waals surface area contributed by atoms with Crippen LogP contribution in [0.2, 0.25) is 0 Å². The van der Waals surface area contributed by atoms with Crippen molar-refractivity contribution in [3.63, 3.8) is 0 Å². The molecule has 1 amide bonds. The first-order valence-corrected chi connectivity index (χ1v) is 6.43. The summed E-state index contributed by atoms with van der Waals surface area (Å²) < 4.78 is 46.4. The lowest BCUT2D eigenvalue weighted by Gasteiger charge is -2.16. The Kier molecular flexibility index (Phi) is 4.36. The van der Waals surface area contributed by atoms with Crippen molar-refractivity contribution in [2.45, 2.75) is 11.3 Å². The van der Waals surface area contributed by atoms with E-state index in [1.165, 1.54) is 25.2 Å². The Morgan fingerprint density at radius 1 is 1.44 bits per heavy atom. The number of hydrogen-bond acceptors (Lipinski definition) is 3. The number of sulfonamides is 1. The predicted octanol–water partition coefficient (Wildman–Crippen LogP) is 0.671. The summed E-state index contributed by atoms with van der Waals surface area (Å²) in [6.45, 7) is -0.724. The Morgan fingerprint density at radius 2 is 2.06 bits per heavy atom. The van der Waals surface area contributed by atoms with Crippen molar-refractivity contribution in [3.8, 4) is 0 Å². The number of primary sulfonamides is 1. The van der Waals surface area contributed by atoms with E-state index in [0.29, 0.717) is 0 Å². The summed E-state index contributed by atoms with van der Waals surface area (Å²) in [5, 5.41) is 4.91. The molecule has 0 aliphatic rings. The van der Waals surface area contributed by atoms with Crippen molar-refractivity contribution < 1.29 is 22.0 Å². The van der Waals surface area contributed by atoms with Gasteiger partial charge < -0.3 is 4.90 Å². The van der Waals surface area contributed by atoms with Crippen molar-refractivity contribution in [3.05, 3.63) is 29.8 Å². The Labute approximate surface area is 103 Å². The summed E-state index contributed by atoms with van der Waals surface area (Å²) in [4.78, 5) is 12.3. The molecule has 0 bridgehead atoms. The van der Waals surface area contributed by atoms with Gasteiger partial charge in [0.05, 0.1) is 11.4 Å². The van der Waals surface area contributed by atoms with E-state index in [2.05, 4.69) is 0 Å². The number of halogens is 2. The largest absolute Gasteiger partial charge is 0.336 e. The topological polar surface area (TPSA) is 80.5 Å². The first kappa shape index (κ1) is 14.5. The first-order chi connectivity index (χ1) is 8.21. The van der Waals surface area contributed by atoms with E-state index < -0.39 is 28.9 Å². The first-order valence-electron chi connectivity index (χ1n) is 4.88. The van der Waals surface area contributed by atoms with Crippen LogP contribution < -0.4 is 5.14 Å². The van der Waals surface area contributed by atoms with E-state index in [1.54, 1.807) is 0 Å². The number of alkyl halides is 2. The molecule has 0 unspecified atom stereocenters. The monoisotopic (exact) mass is 278 g/mol. The van der Waals surface area contributed by atoms with Crippen LogP contribution in [0.25, 0.3) is 0 Å².